The molecule has 1 fully saturated rings. The van der Waals surface area contributed by atoms with Gasteiger partial charge in [-0.1, -0.05) is 0 Å². The molecule has 0 bridgehead atoms. The number of ether oxygens (including phenoxy) is 1. The molecule has 0 aliphatic carbocycles. The first kappa shape index (κ1) is 14.8. The predicted octanol–water partition coefficient (Wildman–Crippen LogP) is 1.77. The lowest BCUT2D eigenvalue weighted by molar-refractivity contribution is -0.136. The van der Waals surface area contributed by atoms with E-state index in [9.17, 15) is 4.79 Å². The molecule has 1 aliphatic heterocycles. The summed E-state index contributed by atoms with van der Waals surface area (Å²) in [6, 6.07) is 4.21. The summed E-state index contributed by atoms with van der Waals surface area (Å²) >= 11 is 0. The zero-order valence-corrected chi connectivity index (χ0v) is 12.7. The van der Waals surface area contributed by atoms with Gasteiger partial charge in [-0.3, -0.25) is 9.78 Å². The number of hydrogen-bond acceptors (Lipinski definition) is 4. The predicted molar refractivity (Wildman–Crippen MR) is 78.9 cm³/mol. The van der Waals surface area contributed by atoms with Gasteiger partial charge in [-0.25, -0.2) is 0 Å². The number of methoxy groups -OCH3 is 1. The summed E-state index contributed by atoms with van der Waals surface area (Å²) < 4.78 is 4.97. The van der Waals surface area contributed by atoms with Crippen molar-refractivity contribution in [1.82, 2.24) is 9.88 Å². The molecule has 0 aromatic carbocycles. The van der Waals surface area contributed by atoms with Gasteiger partial charge < -0.3 is 14.5 Å². The van der Waals surface area contributed by atoms with Crippen LogP contribution in [0.3, 0.4) is 0 Å². The summed E-state index contributed by atoms with van der Waals surface area (Å²) in [7, 11) is 5.58. The molecule has 5 nitrogen and oxygen atoms in total. The average molecular weight is 277 g/mol. The minimum absolute atomic E-state index is 0.0460. The van der Waals surface area contributed by atoms with E-state index in [4.69, 9.17) is 4.74 Å². The minimum Gasteiger partial charge on any atom is -0.378 e. The van der Waals surface area contributed by atoms with Crippen LogP contribution < -0.4 is 4.90 Å². The molecule has 0 radical (unpaired) electrons. The van der Waals surface area contributed by atoms with E-state index in [-0.39, 0.29) is 18.6 Å². The van der Waals surface area contributed by atoms with E-state index in [2.05, 4.69) is 22.0 Å². The molecule has 1 aromatic rings. The fourth-order valence-corrected chi connectivity index (χ4v) is 2.68. The van der Waals surface area contributed by atoms with Gasteiger partial charge in [0, 0.05) is 39.1 Å². The number of amides is 1. The van der Waals surface area contributed by atoms with Crippen molar-refractivity contribution in [3.63, 3.8) is 0 Å². The van der Waals surface area contributed by atoms with E-state index in [1.165, 1.54) is 0 Å². The van der Waals surface area contributed by atoms with Gasteiger partial charge in [-0.15, -0.1) is 0 Å². The van der Waals surface area contributed by atoms with Gasteiger partial charge in [0.15, 0.2) is 0 Å². The molecule has 20 heavy (non-hydrogen) atoms. The van der Waals surface area contributed by atoms with Crippen molar-refractivity contribution in [3.05, 3.63) is 23.5 Å². The number of aromatic nitrogens is 1. The number of rotatable bonds is 4. The maximum atomic E-state index is 12.1. The lowest BCUT2D eigenvalue weighted by Gasteiger charge is -2.25. The minimum atomic E-state index is 0.0460. The van der Waals surface area contributed by atoms with E-state index in [0.717, 1.165) is 36.5 Å². The second kappa shape index (κ2) is 6.22. The molecule has 1 amide bonds. The van der Waals surface area contributed by atoms with E-state index < -0.39 is 0 Å². The average Bonchev–Trinajstić information content (AvgIpc) is 2.87. The Hall–Kier alpha value is -1.62. The van der Waals surface area contributed by atoms with Crippen molar-refractivity contribution in [2.75, 3.05) is 39.3 Å². The van der Waals surface area contributed by atoms with Crippen molar-refractivity contribution in [2.45, 2.75) is 25.8 Å². The van der Waals surface area contributed by atoms with Crippen molar-refractivity contribution >= 4 is 11.6 Å². The first-order chi connectivity index (χ1) is 9.52. The first-order valence-corrected chi connectivity index (χ1v) is 6.97. The largest absolute Gasteiger partial charge is 0.378 e. The van der Waals surface area contributed by atoms with Crippen molar-refractivity contribution in [2.24, 2.45) is 0 Å². The van der Waals surface area contributed by atoms with Crippen LogP contribution >= 0.6 is 0 Å². The Balaban J connectivity index is 2.27. The van der Waals surface area contributed by atoms with Crippen LogP contribution in [0.1, 0.15) is 30.3 Å². The van der Waals surface area contributed by atoms with Gasteiger partial charge in [-0.2, -0.15) is 0 Å². The molecular formula is C15H23N3O2. The molecule has 1 saturated heterocycles. The highest BCUT2D eigenvalue weighted by Gasteiger charge is 2.31. The molecule has 1 unspecified atom stereocenters. The summed E-state index contributed by atoms with van der Waals surface area (Å²) in [5.74, 6) is 0.0460. The highest BCUT2D eigenvalue weighted by molar-refractivity contribution is 5.78. The van der Waals surface area contributed by atoms with Crippen LogP contribution in [0.4, 0.5) is 5.69 Å². The van der Waals surface area contributed by atoms with Crippen LogP contribution in [0.15, 0.2) is 12.1 Å². The van der Waals surface area contributed by atoms with E-state index in [1.807, 2.05) is 25.9 Å². The van der Waals surface area contributed by atoms with Gasteiger partial charge in [0.25, 0.3) is 0 Å². The Morgan fingerprint density at radius 3 is 2.90 bits per heavy atom. The number of hydrogen-bond donors (Lipinski definition) is 0. The monoisotopic (exact) mass is 277 g/mol. The zero-order valence-electron chi connectivity index (χ0n) is 12.7. The van der Waals surface area contributed by atoms with Gasteiger partial charge >= 0.3 is 0 Å². The van der Waals surface area contributed by atoms with Gasteiger partial charge in [0.05, 0.1) is 11.7 Å². The number of anilines is 1. The molecule has 5 heteroatoms. The summed E-state index contributed by atoms with van der Waals surface area (Å²) in [6.45, 7) is 2.93. The molecule has 0 spiro atoms. The Labute approximate surface area is 120 Å². The Kier molecular flexibility index (Phi) is 4.60. The highest BCUT2D eigenvalue weighted by atomic mass is 16.5. The summed E-state index contributed by atoms with van der Waals surface area (Å²) in [5, 5.41) is 0. The smallest absolute Gasteiger partial charge is 0.249 e. The normalized spacial score (nSPS) is 18.4. The third kappa shape index (κ3) is 3.10. The van der Waals surface area contributed by atoms with Crippen molar-refractivity contribution in [3.8, 4) is 0 Å². The van der Waals surface area contributed by atoms with Crippen molar-refractivity contribution < 1.29 is 9.53 Å². The Bertz CT molecular complexity index is 488. The third-order valence-corrected chi connectivity index (χ3v) is 3.66. The second-order valence-electron chi connectivity index (χ2n) is 5.46. The fraction of sp³-hybridized carbons (Fsp3) is 0.600. The number of carbonyl (C=O) groups excluding carboxylic acids is 1. The van der Waals surface area contributed by atoms with Crippen LogP contribution in [0.5, 0.6) is 0 Å². The van der Waals surface area contributed by atoms with Crippen LogP contribution in [0.2, 0.25) is 0 Å². The lowest BCUT2D eigenvalue weighted by Crippen LogP contribution is -2.33. The number of nitrogens with zero attached hydrogens (tertiary/aromatic N) is 3. The molecule has 2 heterocycles. The number of pyridine rings is 1. The fourth-order valence-electron chi connectivity index (χ4n) is 2.68. The van der Waals surface area contributed by atoms with Crippen LogP contribution in [-0.2, 0) is 9.53 Å². The standard InChI is InChI=1S/C15H23N3O2/c1-11-8-12(17(2)3)9-13(16-11)14-6-5-7-18(14)15(19)10-20-4/h8-9,14H,5-7,10H2,1-4H3. The van der Waals surface area contributed by atoms with Gasteiger partial charge in [0.1, 0.15) is 6.61 Å². The van der Waals surface area contributed by atoms with Crippen LogP contribution in [0, 0.1) is 6.92 Å². The van der Waals surface area contributed by atoms with E-state index in [1.54, 1.807) is 7.11 Å². The van der Waals surface area contributed by atoms with Crippen LogP contribution in [0.25, 0.3) is 0 Å². The maximum Gasteiger partial charge on any atom is 0.249 e. The molecular weight excluding hydrogens is 254 g/mol. The molecule has 0 saturated carbocycles. The van der Waals surface area contributed by atoms with E-state index >= 15 is 0 Å². The lowest BCUT2D eigenvalue weighted by atomic mass is 10.1. The molecule has 1 aromatic heterocycles. The van der Waals surface area contributed by atoms with Gasteiger partial charge in [0.2, 0.25) is 5.91 Å². The topological polar surface area (TPSA) is 45.7 Å². The number of aryl methyl sites for hydroxylation is 1. The SMILES string of the molecule is COCC(=O)N1CCCC1c1cc(N(C)C)cc(C)n1. The molecule has 1 aliphatic rings. The van der Waals surface area contributed by atoms with Crippen LogP contribution in [-0.4, -0.2) is 50.1 Å². The first-order valence-electron chi connectivity index (χ1n) is 6.97. The second-order valence-corrected chi connectivity index (χ2v) is 5.46. The number of likely N-dealkylation sites (tertiary alicyclic amines) is 1. The van der Waals surface area contributed by atoms with Crippen molar-refractivity contribution in [1.29, 1.82) is 0 Å². The molecule has 0 N–H and O–H groups in total. The quantitative estimate of drug-likeness (QED) is 0.841. The Morgan fingerprint density at radius 1 is 1.50 bits per heavy atom. The summed E-state index contributed by atoms with van der Waals surface area (Å²) in [6.07, 6.45) is 1.99. The number of carbonyl (C=O) groups is 1. The summed E-state index contributed by atoms with van der Waals surface area (Å²) in [5.41, 5.74) is 3.09. The zero-order chi connectivity index (χ0) is 14.7. The molecule has 2 rings (SSSR count). The maximum absolute atomic E-state index is 12.1. The summed E-state index contributed by atoms with van der Waals surface area (Å²) in [4.78, 5) is 20.7. The molecule has 110 valence electrons. The Morgan fingerprint density at radius 2 is 2.25 bits per heavy atom. The highest BCUT2D eigenvalue weighted by Crippen LogP contribution is 2.32. The molecule has 1 atom stereocenters. The van der Waals surface area contributed by atoms with E-state index in [0.29, 0.717) is 0 Å². The van der Waals surface area contributed by atoms with Gasteiger partial charge in [-0.05, 0) is 31.9 Å². The third-order valence-electron chi connectivity index (χ3n) is 3.66.